The van der Waals surface area contributed by atoms with Crippen molar-refractivity contribution in [3.05, 3.63) is 74.9 Å². The SMILES string of the molecule is C[C@@H](C[C@@H](F)Cn1ccc2cc(-c3ccn[nH]3)c(F)cc2c1=O)Nc1cn[nH]c(=O)c1C(F)(F)F. The Morgan fingerprint density at radius 1 is 1.14 bits per heavy atom. The molecule has 0 bridgehead atoms. The molecule has 8 nitrogen and oxygen atoms in total. The number of nitrogens with zero attached hydrogens (tertiary/aromatic N) is 3. The van der Waals surface area contributed by atoms with Gasteiger partial charge in [0.25, 0.3) is 11.1 Å². The Kier molecular flexibility index (Phi) is 6.41. The molecule has 13 heteroatoms. The van der Waals surface area contributed by atoms with Crippen molar-refractivity contribution in [2.75, 3.05) is 5.32 Å². The van der Waals surface area contributed by atoms with Gasteiger partial charge in [0, 0.05) is 30.4 Å². The number of anilines is 1. The zero-order chi connectivity index (χ0) is 25.3. The fraction of sp³-hybridized carbons (Fsp3) is 0.273. The summed E-state index contributed by atoms with van der Waals surface area (Å²) in [6.07, 6.45) is -3.21. The van der Waals surface area contributed by atoms with Gasteiger partial charge in [-0.25, -0.2) is 13.9 Å². The molecule has 184 valence electrons. The van der Waals surface area contributed by atoms with E-state index in [2.05, 4.69) is 20.6 Å². The summed E-state index contributed by atoms with van der Waals surface area (Å²) >= 11 is 0. The highest BCUT2D eigenvalue weighted by molar-refractivity contribution is 5.86. The number of fused-ring (bicyclic) bond motifs is 1. The predicted octanol–water partition coefficient (Wildman–Crippen LogP) is 3.86. The van der Waals surface area contributed by atoms with Crippen LogP contribution in [0.1, 0.15) is 18.9 Å². The number of hydrogen-bond acceptors (Lipinski definition) is 5. The summed E-state index contributed by atoms with van der Waals surface area (Å²) in [4.78, 5) is 24.4. The van der Waals surface area contributed by atoms with Gasteiger partial charge in [0.15, 0.2) is 0 Å². The lowest BCUT2D eigenvalue weighted by atomic mass is 10.1. The van der Waals surface area contributed by atoms with Crippen LogP contribution in [0.5, 0.6) is 0 Å². The zero-order valence-corrected chi connectivity index (χ0v) is 18.2. The lowest BCUT2D eigenvalue weighted by molar-refractivity contribution is -0.138. The molecule has 0 unspecified atom stereocenters. The Morgan fingerprint density at radius 3 is 2.60 bits per heavy atom. The standard InChI is InChI=1S/C22H19F5N6O2/c1-11(30-18-9-29-32-20(34)19(18)22(25,26)27)6-13(23)10-33-5-3-12-7-15(17-2-4-28-31-17)16(24)8-14(12)21(33)35/h2-5,7-9,11,13H,6,10H2,1H3,(H,28,31)(H2,30,32,34)/t11-,13+/m0/s1. The number of aromatic amines is 2. The molecule has 0 saturated heterocycles. The highest BCUT2D eigenvalue weighted by atomic mass is 19.4. The van der Waals surface area contributed by atoms with Crippen LogP contribution in [0.4, 0.5) is 27.6 Å². The molecule has 3 N–H and O–H groups in total. The number of benzene rings is 1. The van der Waals surface area contributed by atoms with Crippen molar-refractivity contribution in [2.24, 2.45) is 0 Å². The Balaban J connectivity index is 1.50. The molecule has 0 saturated carbocycles. The van der Waals surface area contributed by atoms with Gasteiger partial charge in [-0.2, -0.15) is 23.4 Å². The monoisotopic (exact) mass is 494 g/mol. The molecular weight excluding hydrogens is 475 g/mol. The fourth-order valence-electron chi connectivity index (χ4n) is 3.85. The minimum absolute atomic E-state index is 0.0519. The van der Waals surface area contributed by atoms with Gasteiger partial charge in [0.1, 0.15) is 17.6 Å². The van der Waals surface area contributed by atoms with Crippen LogP contribution in [0.2, 0.25) is 0 Å². The molecule has 0 fully saturated rings. The molecule has 3 aromatic heterocycles. The van der Waals surface area contributed by atoms with Crippen molar-refractivity contribution in [3.8, 4) is 11.3 Å². The van der Waals surface area contributed by atoms with Crippen LogP contribution in [-0.2, 0) is 12.7 Å². The van der Waals surface area contributed by atoms with Crippen LogP contribution in [0.3, 0.4) is 0 Å². The highest BCUT2D eigenvalue weighted by Gasteiger charge is 2.37. The molecular formula is C22H19F5N6O2. The van der Waals surface area contributed by atoms with E-state index >= 15 is 0 Å². The van der Waals surface area contributed by atoms with Gasteiger partial charge in [0.2, 0.25) is 0 Å². The second kappa shape index (κ2) is 9.31. The van der Waals surface area contributed by atoms with Crippen molar-refractivity contribution >= 4 is 16.5 Å². The molecule has 0 spiro atoms. The van der Waals surface area contributed by atoms with Crippen LogP contribution in [0.25, 0.3) is 22.0 Å². The summed E-state index contributed by atoms with van der Waals surface area (Å²) in [5.74, 6) is -0.654. The normalized spacial score (nSPS) is 13.7. The molecule has 0 aliphatic carbocycles. The Labute approximate surface area is 193 Å². The van der Waals surface area contributed by atoms with Crippen molar-refractivity contribution in [2.45, 2.75) is 38.3 Å². The van der Waals surface area contributed by atoms with Gasteiger partial charge >= 0.3 is 6.18 Å². The third kappa shape index (κ3) is 5.08. The van der Waals surface area contributed by atoms with E-state index in [0.29, 0.717) is 11.1 Å². The van der Waals surface area contributed by atoms with E-state index in [1.165, 1.54) is 25.4 Å². The van der Waals surface area contributed by atoms with Crippen molar-refractivity contribution in [1.29, 1.82) is 0 Å². The molecule has 35 heavy (non-hydrogen) atoms. The minimum Gasteiger partial charge on any atom is -0.381 e. The first-order valence-electron chi connectivity index (χ1n) is 10.4. The average Bonchev–Trinajstić information content (AvgIpc) is 3.29. The maximum atomic E-state index is 14.8. The van der Waals surface area contributed by atoms with Gasteiger partial charge in [-0.15, -0.1) is 0 Å². The van der Waals surface area contributed by atoms with Gasteiger partial charge < -0.3 is 9.88 Å². The largest absolute Gasteiger partial charge is 0.423 e. The van der Waals surface area contributed by atoms with E-state index in [4.69, 9.17) is 0 Å². The van der Waals surface area contributed by atoms with Gasteiger partial charge in [-0.3, -0.25) is 14.7 Å². The molecule has 0 radical (unpaired) electrons. The second-order valence-corrected chi connectivity index (χ2v) is 8.03. The Morgan fingerprint density at radius 2 is 1.91 bits per heavy atom. The van der Waals surface area contributed by atoms with E-state index in [0.717, 1.165) is 16.8 Å². The van der Waals surface area contributed by atoms with Gasteiger partial charge in [-0.05, 0) is 36.6 Å². The van der Waals surface area contributed by atoms with Gasteiger partial charge in [0.05, 0.1) is 29.5 Å². The van der Waals surface area contributed by atoms with Crippen LogP contribution in [-0.4, -0.2) is 37.2 Å². The van der Waals surface area contributed by atoms with E-state index in [1.807, 2.05) is 0 Å². The van der Waals surface area contributed by atoms with Crippen LogP contribution in [0.15, 0.2) is 52.4 Å². The number of hydrogen-bond donors (Lipinski definition) is 3. The number of aromatic nitrogens is 5. The topological polar surface area (TPSA) is 108 Å². The van der Waals surface area contributed by atoms with Crippen LogP contribution in [0, 0.1) is 5.82 Å². The van der Waals surface area contributed by atoms with E-state index in [-0.39, 0.29) is 17.4 Å². The van der Waals surface area contributed by atoms with Crippen LogP contribution >= 0.6 is 0 Å². The van der Waals surface area contributed by atoms with E-state index in [1.54, 1.807) is 17.2 Å². The van der Waals surface area contributed by atoms with Crippen LogP contribution < -0.4 is 16.4 Å². The summed E-state index contributed by atoms with van der Waals surface area (Å²) in [7, 11) is 0. The molecule has 0 amide bonds. The first kappa shape index (κ1) is 24.1. The third-order valence-corrected chi connectivity index (χ3v) is 5.40. The number of halogens is 5. The highest BCUT2D eigenvalue weighted by Crippen LogP contribution is 2.32. The molecule has 0 aliphatic rings. The van der Waals surface area contributed by atoms with Crippen molar-refractivity contribution in [1.82, 2.24) is 25.0 Å². The number of H-pyrrole nitrogens is 2. The fourth-order valence-corrected chi connectivity index (χ4v) is 3.85. The lowest BCUT2D eigenvalue weighted by Crippen LogP contribution is -2.30. The first-order valence-corrected chi connectivity index (χ1v) is 10.4. The molecule has 4 aromatic rings. The lowest BCUT2D eigenvalue weighted by Gasteiger charge is -2.20. The van der Waals surface area contributed by atoms with Crippen molar-refractivity contribution in [3.63, 3.8) is 0 Å². The number of pyridine rings is 1. The third-order valence-electron chi connectivity index (χ3n) is 5.40. The summed E-state index contributed by atoms with van der Waals surface area (Å²) in [5.41, 5.74) is -3.41. The van der Waals surface area contributed by atoms with E-state index < -0.39 is 53.1 Å². The number of nitrogens with one attached hydrogen (secondary N) is 3. The average molecular weight is 494 g/mol. The smallest absolute Gasteiger partial charge is 0.381 e. The summed E-state index contributed by atoms with van der Waals surface area (Å²) in [6, 6.07) is 4.84. The molecule has 3 heterocycles. The van der Waals surface area contributed by atoms with Gasteiger partial charge in [-0.1, -0.05) is 0 Å². The van der Waals surface area contributed by atoms with E-state index in [9.17, 15) is 31.5 Å². The molecule has 4 rings (SSSR count). The predicted molar refractivity (Wildman–Crippen MR) is 118 cm³/mol. The summed E-state index contributed by atoms with van der Waals surface area (Å²) < 4.78 is 70.0. The Bertz CT molecular complexity index is 1460. The maximum absolute atomic E-state index is 14.8. The molecule has 2 atom stereocenters. The zero-order valence-electron chi connectivity index (χ0n) is 18.2. The minimum atomic E-state index is -4.93. The van der Waals surface area contributed by atoms with Crippen molar-refractivity contribution < 1.29 is 22.0 Å². The maximum Gasteiger partial charge on any atom is 0.423 e. The summed E-state index contributed by atoms with van der Waals surface area (Å²) in [5, 5.41) is 14.5. The number of rotatable bonds is 7. The molecule has 0 aliphatic heterocycles. The second-order valence-electron chi connectivity index (χ2n) is 8.03. The molecule has 1 aromatic carbocycles. The first-order chi connectivity index (χ1) is 16.5. The number of alkyl halides is 4. The quantitative estimate of drug-likeness (QED) is 0.338. The summed E-state index contributed by atoms with van der Waals surface area (Å²) in [6.45, 7) is 1.04. The Hall–Kier alpha value is -4.03.